The Labute approximate surface area is 112 Å². The molecule has 19 heavy (non-hydrogen) atoms. The molecule has 2 N–H and O–H groups in total. The molecule has 1 aromatic heterocycles. The fraction of sp³-hybridized carbons (Fsp3) is 0.692. The van der Waals surface area contributed by atoms with Crippen LogP contribution in [0.3, 0.4) is 0 Å². The van der Waals surface area contributed by atoms with Crippen LogP contribution in [0.1, 0.15) is 31.9 Å². The number of aromatic nitrogens is 1. The van der Waals surface area contributed by atoms with E-state index in [1.54, 1.807) is 13.0 Å². The van der Waals surface area contributed by atoms with Gasteiger partial charge in [0.05, 0.1) is 18.8 Å². The quantitative estimate of drug-likeness (QED) is 0.855. The second kappa shape index (κ2) is 6.16. The number of aryl methyl sites for hydroxylation is 1. The Bertz CT molecular complexity index is 433. The van der Waals surface area contributed by atoms with Gasteiger partial charge in [0.15, 0.2) is 0 Å². The molecule has 0 saturated carbocycles. The number of aliphatic hydroxyl groups is 1. The topological polar surface area (TPSA) is 78.6 Å². The van der Waals surface area contributed by atoms with E-state index in [9.17, 15) is 9.90 Å². The maximum Gasteiger partial charge on any atom is 0.240 e. The number of rotatable bonds is 4. The van der Waals surface area contributed by atoms with Crippen molar-refractivity contribution in [2.24, 2.45) is 0 Å². The largest absolute Gasteiger partial charge is 0.395 e. The smallest absolute Gasteiger partial charge is 0.240 e. The van der Waals surface area contributed by atoms with Gasteiger partial charge in [0.1, 0.15) is 0 Å². The van der Waals surface area contributed by atoms with Crippen LogP contribution >= 0.6 is 0 Å². The molecule has 0 aromatic carbocycles. The lowest BCUT2D eigenvalue weighted by Crippen LogP contribution is -2.50. The number of piperidine rings is 1. The summed E-state index contributed by atoms with van der Waals surface area (Å²) in [5.41, 5.74) is 0.731. The zero-order valence-corrected chi connectivity index (χ0v) is 11.4. The highest BCUT2D eigenvalue weighted by Gasteiger charge is 2.28. The van der Waals surface area contributed by atoms with Crippen LogP contribution in [0.25, 0.3) is 0 Å². The molecule has 1 saturated heterocycles. The molecule has 0 aliphatic carbocycles. The van der Waals surface area contributed by atoms with Crippen LogP contribution in [-0.4, -0.2) is 46.3 Å². The third-order valence-corrected chi connectivity index (χ3v) is 3.62. The Morgan fingerprint density at radius 1 is 1.63 bits per heavy atom. The van der Waals surface area contributed by atoms with E-state index in [1.165, 1.54) is 0 Å². The first kappa shape index (κ1) is 14.0. The highest BCUT2D eigenvalue weighted by atomic mass is 16.5. The molecule has 1 amide bonds. The highest BCUT2D eigenvalue weighted by molar-refractivity contribution is 5.91. The molecule has 1 aliphatic heterocycles. The van der Waals surface area contributed by atoms with Crippen molar-refractivity contribution in [1.29, 1.82) is 0 Å². The van der Waals surface area contributed by atoms with Gasteiger partial charge in [-0.3, -0.25) is 15.0 Å². The van der Waals surface area contributed by atoms with Crippen molar-refractivity contribution in [3.63, 3.8) is 0 Å². The van der Waals surface area contributed by atoms with E-state index in [1.807, 2.05) is 0 Å². The third kappa shape index (κ3) is 3.54. The van der Waals surface area contributed by atoms with Gasteiger partial charge < -0.3 is 9.63 Å². The molecule has 2 atom stereocenters. The predicted octanol–water partition coefficient (Wildman–Crippen LogP) is 1.16. The Hall–Kier alpha value is -1.40. The number of aliphatic hydroxyl groups excluding tert-OH is 1. The van der Waals surface area contributed by atoms with E-state index in [0.717, 1.165) is 25.0 Å². The molecule has 6 heteroatoms. The summed E-state index contributed by atoms with van der Waals surface area (Å²) in [5.74, 6) is 0.232. The number of anilines is 1. The minimum atomic E-state index is -0.136. The molecular weight excluding hydrogens is 246 g/mol. The van der Waals surface area contributed by atoms with Crippen molar-refractivity contribution >= 4 is 11.8 Å². The molecule has 1 aromatic rings. The van der Waals surface area contributed by atoms with Crippen LogP contribution in [0.15, 0.2) is 10.6 Å². The standard InChI is InChI=1S/C13H21N3O3/c1-9-6-13(19-15-9)14-12(18)7-16-10(2)4-3-5-11(16)8-17/h6,10-11,17H,3-5,7-8H2,1-2H3,(H,14,18). The minimum Gasteiger partial charge on any atom is -0.395 e. The number of nitrogens with zero attached hydrogens (tertiary/aromatic N) is 2. The molecule has 2 rings (SSSR count). The Morgan fingerprint density at radius 2 is 2.42 bits per heavy atom. The molecule has 6 nitrogen and oxygen atoms in total. The van der Waals surface area contributed by atoms with Crippen LogP contribution in [0, 0.1) is 6.92 Å². The summed E-state index contributed by atoms with van der Waals surface area (Å²) in [5, 5.41) is 15.8. The van der Waals surface area contributed by atoms with Crippen LogP contribution in [0.5, 0.6) is 0 Å². The van der Waals surface area contributed by atoms with E-state index in [0.29, 0.717) is 11.9 Å². The fourth-order valence-electron chi connectivity index (χ4n) is 2.59. The SMILES string of the molecule is Cc1cc(NC(=O)CN2C(C)CCCC2CO)on1. The van der Waals surface area contributed by atoms with Crippen LogP contribution < -0.4 is 5.32 Å². The van der Waals surface area contributed by atoms with E-state index >= 15 is 0 Å². The first-order chi connectivity index (χ1) is 9.10. The summed E-state index contributed by atoms with van der Waals surface area (Å²) in [7, 11) is 0. The van der Waals surface area contributed by atoms with Crippen LogP contribution in [0.4, 0.5) is 5.88 Å². The normalized spacial score (nSPS) is 24.4. The van der Waals surface area contributed by atoms with Gasteiger partial charge in [-0.25, -0.2) is 0 Å². The lowest BCUT2D eigenvalue weighted by atomic mass is 9.97. The zero-order chi connectivity index (χ0) is 13.8. The second-order valence-electron chi connectivity index (χ2n) is 5.17. The molecule has 2 unspecified atom stereocenters. The van der Waals surface area contributed by atoms with E-state index < -0.39 is 0 Å². The van der Waals surface area contributed by atoms with E-state index in [4.69, 9.17) is 4.52 Å². The van der Waals surface area contributed by atoms with Crippen molar-refractivity contribution in [2.75, 3.05) is 18.5 Å². The van der Waals surface area contributed by atoms with Crippen molar-refractivity contribution < 1.29 is 14.4 Å². The Morgan fingerprint density at radius 3 is 3.05 bits per heavy atom. The summed E-state index contributed by atoms with van der Waals surface area (Å²) in [6.07, 6.45) is 3.10. The Balaban J connectivity index is 1.92. The summed E-state index contributed by atoms with van der Waals surface area (Å²) >= 11 is 0. The average molecular weight is 267 g/mol. The fourth-order valence-corrected chi connectivity index (χ4v) is 2.59. The van der Waals surface area contributed by atoms with Gasteiger partial charge in [0.25, 0.3) is 0 Å². The molecule has 1 fully saturated rings. The number of carbonyl (C=O) groups excluding carboxylic acids is 1. The molecule has 0 radical (unpaired) electrons. The van der Waals surface area contributed by atoms with Gasteiger partial charge in [-0.15, -0.1) is 0 Å². The number of hydrogen-bond donors (Lipinski definition) is 2. The van der Waals surface area contributed by atoms with Crippen molar-refractivity contribution in [3.05, 3.63) is 11.8 Å². The first-order valence-electron chi connectivity index (χ1n) is 6.70. The molecule has 1 aliphatic rings. The van der Waals surface area contributed by atoms with Gasteiger partial charge in [0, 0.05) is 18.2 Å². The lowest BCUT2D eigenvalue weighted by Gasteiger charge is -2.39. The number of hydrogen-bond acceptors (Lipinski definition) is 5. The molecule has 0 bridgehead atoms. The monoisotopic (exact) mass is 267 g/mol. The average Bonchev–Trinajstić information content (AvgIpc) is 2.77. The summed E-state index contributed by atoms with van der Waals surface area (Å²) in [6.45, 7) is 4.26. The molecule has 106 valence electrons. The van der Waals surface area contributed by atoms with Crippen LogP contribution in [0.2, 0.25) is 0 Å². The summed E-state index contributed by atoms with van der Waals surface area (Å²) < 4.78 is 4.95. The molecule has 2 heterocycles. The van der Waals surface area contributed by atoms with Gasteiger partial charge in [-0.1, -0.05) is 11.6 Å². The molecular formula is C13H21N3O3. The maximum atomic E-state index is 12.0. The second-order valence-corrected chi connectivity index (χ2v) is 5.17. The van der Waals surface area contributed by atoms with Crippen molar-refractivity contribution in [1.82, 2.24) is 10.1 Å². The maximum absolute atomic E-state index is 12.0. The molecule has 0 spiro atoms. The minimum absolute atomic E-state index is 0.0750. The predicted molar refractivity (Wildman–Crippen MR) is 70.8 cm³/mol. The van der Waals surface area contributed by atoms with Gasteiger partial charge in [0.2, 0.25) is 11.8 Å². The van der Waals surface area contributed by atoms with Crippen LogP contribution in [-0.2, 0) is 4.79 Å². The van der Waals surface area contributed by atoms with Crippen molar-refractivity contribution in [3.8, 4) is 0 Å². The van der Waals surface area contributed by atoms with E-state index in [2.05, 4.69) is 22.3 Å². The first-order valence-corrected chi connectivity index (χ1v) is 6.70. The zero-order valence-electron chi connectivity index (χ0n) is 11.4. The summed E-state index contributed by atoms with van der Waals surface area (Å²) in [6, 6.07) is 2.07. The van der Waals surface area contributed by atoms with Gasteiger partial charge in [-0.2, -0.15) is 0 Å². The number of likely N-dealkylation sites (tertiary alicyclic amines) is 1. The van der Waals surface area contributed by atoms with E-state index in [-0.39, 0.29) is 25.1 Å². The number of amides is 1. The van der Waals surface area contributed by atoms with Gasteiger partial charge >= 0.3 is 0 Å². The highest BCUT2D eigenvalue weighted by Crippen LogP contribution is 2.22. The number of nitrogens with one attached hydrogen (secondary N) is 1. The lowest BCUT2D eigenvalue weighted by molar-refractivity contribution is -0.119. The Kier molecular flexibility index (Phi) is 4.55. The van der Waals surface area contributed by atoms with Gasteiger partial charge in [-0.05, 0) is 26.7 Å². The number of carbonyl (C=O) groups is 1. The van der Waals surface area contributed by atoms with Crippen molar-refractivity contribution in [2.45, 2.75) is 45.2 Å². The summed E-state index contributed by atoms with van der Waals surface area (Å²) in [4.78, 5) is 14.0. The third-order valence-electron chi connectivity index (χ3n) is 3.62.